The molecule has 0 N–H and O–H groups in total. The summed E-state index contributed by atoms with van der Waals surface area (Å²) in [6, 6.07) is 0. The van der Waals surface area contributed by atoms with Gasteiger partial charge in [0.2, 0.25) is 5.91 Å². The second kappa shape index (κ2) is 1.77. The van der Waals surface area contributed by atoms with Gasteiger partial charge in [-0.15, -0.1) is 0 Å². The lowest BCUT2D eigenvalue weighted by atomic mass is 10.5. The molecule has 48 valence electrons. The van der Waals surface area contributed by atoms with E-state index in [2.05, 4.69) is 6.08 Å². The van der Waals surface area contributed by atoms with Crippen LogP contribution in [0.5, 0.6) is 0 Å². The molecule has 1 fully saturated rings. The summed E-state index contributed by atoms with van der Waals surface area (Å²) >= 11 is 1.66. The second-order valence-electron chi connectivity index (χ2n) is 2.17. The van der Waals surface area contributed by atoms with E-state index in [0.717, 1.165) is 13.0 Å². The summed E-state index contributed by atoms with van der Waals surface area (Å²) in [6.45, 7) is 0.918. The first-order chi connectivity index (χ1) is 4.38. The van der Waals surface area contributed by atoms with Crippen LogP contribution < -0.4 is 0 Å². The third kappa shape index (κ3) is 0.678. The van der Waals surface area contributed by atoms with E-state index in [4.69, 9.17) is 0 Å². The Morgan fingerprint density at radius 1 is 1.67 bits per heavy atom. The molecule has 2 aliphatic heterocycles. The molecule has 9 heavy (non-hydrogen) atoms. The predicted octanol–water partition coefficient (Wildman–Crippen LogP) is 0.807. The zero-order valence-electron chi connectivity index (χ0n) is 4.96. The number of hydrogen-bond acceptors (Lipinski definition) is 2. The summed E-state index contributed by atoms with van der Waals surface area (Å²) in [5.74, 6) is 0.940. The zero-order chi connectivity index (χ0) is 6.27. The third-order valence-corrected chi connectivity index (χ3v) is 2.66. The van der Waals surface area contributed by atoms with Crippen LogP contribution >= 0.6 is 11.8 Å². The minimum absolute atomic E-state index is 0.281. The van der Waals surface area contributed by atoms with Gasteiger partial charge in [0.25, 0.3) is 0 Å². The van der Waals surface area contributed by atoms with Crippen LogP contribution in [0.3, 0.4) is 0 Å². The van der Waals surface area contributed by atoms with E-state index in [0.29, 0.717) is 5.75 Å². The number of carbonyl (C=O) groups excluding carboxylic acids is 1. The van der Waals surface area contributed by atoms with Crippen molar-refractivity contribution in [2.75, 3.05) is 12.3 Å². The number of thioether (sulfide) groups is 1. The molecule has 0 radical (unpaired) electrons. The van der Waals surface area contributed by atoms with Gasteiger partial charge in [-0.3, -0.25) is 4.79 Å². The minimum atomic E-state index is 0.281. The molecule has 3 heteroatoms. The van der Waals surface area contributed by atoms with Crippen LogP contribution in [0.25, 0.3) is 0 Å². The number of amides is 1. The van der Waals surface area contributed by atoms with E-state index in [1.165, 1.54) is 5.03 Å². The molecule has 0 spiro atoms. The van der Waals surface area contributed by atoms with Crippen LogP contribution in [-0.4, -0.2) is 23.1 Å². The predicted molar refractivity (Wildman–Crippen MR) is 36.9 cm³/mol. The zero-order valence-corrected chi connectivity index (χ0v) is 5.78. The van der Waals surface area contributed by atoms with Gasteiger partial charge in [0, 0.05) is 6.54 Å². The molecule has 1 saturated heterocycles. The van der Waals surface area contributed by atoms with Crippen molar-refractivity contribution in [3.05, 3.63) is 11.1 Å². The molecule has 0 atom stereocenters. The van der Waals surface area contributed by atoms with E-state index in [1.54, 1.807) is 11.8 Å². The largest absolute Gasteiger partial charge is 0.306 e. The SMILES string of the molecule is O=C1CSC2=CCCN12. The minimum Gasteiger partial charge on any atom is -0.306 e. The fraction of sp³-hybridized carbons (Fsp3) is 0.500. The first-order valence-corrected chi connectivity index (χ1v) is 4.00. The number of rotatable bonds is 0. The Hall–Kier alpha value is -0.440. The molecule has 0 aromatic carbocycles. The van der Waals surface area contributed by atoms with E-state index >= 15 is 0 Å². The normalized spacial score (nSPS) is 24.7. The molecule has 0 aliphatic carbocycles. The molecular weight excluding hydrogens is 134 g/mol. The van der Waals surface area contributed by atoms with Gasteiger partial charge in [-0.25, -0.2) is 0 Å². The standard InChI is InChI=1S/C6H7NOS/c8-5-4-9-6-2-1-3-7(5)6/h2H,1,3-4H2. The number of nitrogens with zero attached hydrogens (tertiary/aromatic N) is 1. The fourth-order valence-corrected chi connectivity index (χ4v) is 2.15. The van der Waals surface area contributed by atoms with Gasteiger partial charge in [0.15, 0.2) is 0 Å². The highest BCUT2D eigenvalue weighted by Crippen LogP contribution is 2.32. The van der Waals surface area contributed by atoms with Crippen LogP contribution in [0.4, 0.5) is 0 Å². The summed E-state index contributed by atoms with van der Waals surface area (Å²) in [6.07, 6.45) is 3.18. The van der Waals surface area contributed by atoms with Gasteiger partial charge >= 0.3 is 0 Å². The van der Waals surface area contributed by atoms with E-state index in [9.17, 15) is 4.79 Å². The molecule has 2 heterocycles. The highest BCUT2D eigenvalue weighted by atomic mass is 32.2. The molecule has 2 rings (SSSR count). The van der Waals surface area contributed by atoms with Crippen LogP contribution in [0.2, 0.25) is 0 Å². The summed E-state index contributed by atoms with van der Waals surface area (Å²) in [7, 11) is 0. The number of fused-ring (bicyclic) bond motifs is 1. The van der Waals surface area contributed by atoms with Crippen molar-refractivity contribution in [1.82, 2.24) is 4.90 Å². The number of hydrogen-bond donors (Lipinski definition) is 0. The van der Waals surface area contributed by atoms with E-state index in [1.807, 2.05) is 4.90 Å². The lowest BCUT2D eigenvalue weighted by Crippen LogP contribution is -2.21. The Morgan fingerprint density at radius 2 is 2.56 bits per heavy atom. The molecule has 1 amide bonds. The maximum atomic E-state index is 10.9. The van der Waals surface area contributed by atoms with Crippen LogP contribution in [0.1, 0.15) is 6.42 Å². The van der Waals surface area contributed by atoms with Crippen molar-refractivity contribution in [3.8, 4) is 0 Å². The molecular formula is C6H7NOS. The molecule has 2 nitrogen and oxygen atoms in total. The second-order valence-corrected chi connectivity index (χ2v) is 3.16. The Morgan fingerprint density at radius 3 is 3.33 bits per heavy atom. The van der Waals surface area contributed by atoms with Crippen molar-refractivity contribution in [1.29, 1.82) is 0 Å². The van der Waals surface area contributed by atoms with Crippen molar-refractivity contribution in [3.63, 3.8) is 0 Å². The van der Waals surface area contributed by atoms with Gasteiger partial charge in [-0.2, -0.15) is 0 Å². The van der Waals surface area contributed by atoms with Crippen LogP contribution in [0, 0.1) is 0 Å². The molecule has 0 bridgehead atoms. The van der Waals surface area contributed by atoms with Gasteiger partial charge in [0.05, 0.1) is 10.8 Å². The summed E-state index contributed by atoms with van der Waals surface area (Å²) < 4.78 is 0. The lowest BCUT2D eigenvalue weighted by molar-refractivity contribution is -0.125. The smallest absolute Gasteiger partial charge is 0.237 e. The maximum absolute atomic E-state index is 10.9. The highest BCUT2D eigenvalue weighted by Gasteiger charge is 2.28. The molecule has 0 saturated carbocycles. The Bertz CT molecular complexity index is 187. The van der Waals surface area contributed by atoms with E-state index < -0.39 is 0 Å². The van der Waals surface area contributed by atoms with Crippen molar-refractivity contribution >= 4 is 17.7 Å². The van der Waals surface area contributed by atoms with Crippen LogP contribution in [0.15, 0.2) is 11.1 Å². The lowest BCUT2D eigenvalue weighted by Gasteiger charge is -2.07. The quantitative estimate of drug-likeness (QED) is 0.497. The fourth-order valence-electron chi connectivity index (χ4n) is 1.14. The molecule has 0 unspecified atom stereocenters. The molecule has 0 aromatic heterocycles. The summed E-state index contributed by atoms with van der Waals surface area (Å²) in [4.78, 5) is 12.8. The van der Waals surface area contributed by atoms with Crippen molar-refractivity contribution < 1.29 is 4.79 Å². The maximum Gasteiger partial charge on any atom is 0.237 e. The average molecular weight is 141 g/mol. The average Bonchev–Trinajstić information content (AvgIpc) is 2.35. The van der Waals surface area contributed by atoms with Gasteiger partial charge < -0.3 is 4.90 Å². The Balaban J connectivity index is 2.29. The molecule has 2 aliphatic rings. The molecule has 0 aromatic rings. The van der Waals surface area contributed by atoms with Gasteiger partial charge in [-0.05, 0) is 6.42 Å². The number of carbonyl (C=O) groups is 1. The third-order valence-electron chi connectivity index (χ3n) is 1.58. The van der Waals surface area contributed by atoms with Crippen molar-refractivity contribution in [2.45, 2.75) is 6.42 Å². The van der Waals surface area contributed by atoms with Gasteiger partial charge in [-0.1, -0.05) is 17.8 Å². The highest BCUT2D eigenvalue weighted by molar-refractivity contribution is 8.04. The summed E-state index contributed by atoms with van der Waals surface area (Å²) in [5, 5.41) is 1.18. The Kier molecular flexibility index (Phi) is 1.05. The monoisotopic (exact) mass is 141 g/mol. The van der Waals surface area contributed by atoms with E-state index in [-0.39, 0.29) is 5.91 Å². The summed E-state index contributed by atoms with van der Waals surface area (Å²) in [5.41, 5.74) is 0. The van der Waals surface area contributed by atoms with Crippen molar-refractivity contribution in [2.24, 2.45) is 0 Å². The Labute approximate surface area is 57.9 Å². The first kappa shape index (κ1) is 5.35. The topological polar surface area (TPSA) is 20.3 Å². The first-order valence-electron chi connectivity index (χ1n) is 3.01. The van der Waals surface area contributed by atoms with Gasteiger partial charge in [0.1, 0.15) is 0 Å². The van der Waals surface area contributed by atoms with Crippen LogP contribution in [-0.2, 0) is 4.79 Å².